The van der Waals surface area contributed by atoms with Gasteiger partial charge in [0.2, 0.25) is 5.56 Å². The maximum atomic E-state index is 12.5. The fourth-order valence-corrected chi connectivity index (χ4v) is 2.20. The molecule has 1 N–H and O–H groups in total. The Hall–Kier alpha value is -2.30. The van der Waals surface area contributed by atoms with Crippen LogP contribution in [0.15, 0.2) is 39.7 Å². The van der Waals surface area contributed by atoms with E-state index >= 15 is 0 Å². The highest BCUT2D eigenvalue weighted by Gasteiger charge is 2.33. The van der Waals surface area contributed by atoms with Crippen molar-refractivity contribution in [1.29, 1.82) is 0 Å². The smallest absolute Gasteiger partial charge is 0.255 e. The third-order valence-corrected chi connectivity index (χ3v) is 3.40. The minimum absolute atomic E-state index is 0.0715. The molecule has 2 aromatic heterocycles. The molecule has 1 aliphatic rings. The van der Waals surface area contributed by atoms with Gasteiger partial charge in [0.05, 0.1) is 12.1 Å². The SMILES string of the molecule is Cc1ccc(CN(C(=O)c2ccc(=O)[nH]c2)C2CC2)o1. The molecule has 104 valence electrons. The third kappa shape index (κ3) is 2.66. The Bertz CT molecular complexity index is 662. The fourth-order valence-electron chi connectivity index (χ4n) is 2.20. The summed E-state index contributed by atoms with van der Waals surface area (Å²) in [5, 5.41) is 0. The summed E-state index contributed by atoms with van der Waals surface area (Å²) < 4.78 is 5.55. The summed E-state index contributed by atoms with van der Waals surface area (Å²) in [5.74, 6) is 1.55. The molecule has 0 bridgehead atoms. The number of aryl methyl sites for hydroxylation is 1. The van der Waals surface area contributed by atoms with Crippen molar-refractivity contribution in [3.63, 3.8) is 0 Å². The molecule has 1 amide bonds. The number of amides is 1. The number of aromatic nitrogens is 1. The second-order valence-electron chi connectivity index (χ2n) is 5.12. The largest absolute Gasteiger partial charge is 0.464 e. The molecule has 5 heteroatoms. The number of hydrogen-bond acceptors (Lipinski definition) is 3. The molecule has 2 aromatic rings. The quantitative estimate of drug-likeness (QED) is 0.926. The first kappa shape index (κ1) is 12.7. The topological polar surface area (TPSA) is 66.3 Å². The van der Waals surface area contributed by atoms with E-state index in [9.17, 15) is 9.59 Å². The van der Waals surface area contributed by atoms with Gasteiger partial charge in [0.25, 0.3) is 5.91 Å². The summed E-state index contributed by atoms with van der Waals surface area (Å²) in [6.07, 6.45) is 3.51. The standard InChI is InChI=1S/C15H16N2O3/c1-10-2-6-13(20-10)9-17(12-4-5-12)15(19)11-3-7-14(18)16-8-11/h2-3,6-8,12H,4-5,9H2,1H3,(H,16,18). The Balaban J connectivity index is 1.81. The third-order valence-electron chi connectivity index (χ3n) is 3.40. The van der Waals surface area contributed by atoms with Gasteiger partial charge < -0.3 is 14.3 Å². The van der Waals surface area contributed by atoms with Gasteiger partial charge in [0.15, 0.2) is 0 Å². The lowest BCUT2D eigenvalue weighted by Gasteiger charge is -2.21. The molecule has 2 heterocycles. The Labute approximate surface area is 116 Å². The van der Waals surface area contributed by atoms with E-state index in [0.29, 0.717) is 12.1 Å². The molecule has 0 spiro atoms. The molecule has 0 radical (unpaired) electrons. The van der Waals surface area contributed by atoms with Crippen LogP contribution in [0.4, 0.5) is 0 Å². The molecular formula is C15H16N2O3. The molecule has 0 atom stereocenters. The van der Waals surface area contributed by atoms with Crippen LogP contribution in [0.2, 0.25) is 0 Å². The van der Waals surface area contributed by atoms with Crippen LogP contribution in [-0.4, -0.2) is 21.8 Å². The van der Waals surface area contributed by atoms with Gasteiger partial charge in [0, 0.05) is 18.3 Å². The lowest BCUT2D eigenvalue weighted by molar-refractivity contribution is 0.0716. The van der Waals surface area contributed by atoms with Gasteiger partial charge in [-0.15, -0.1) is 0 Å². The molecule has 1 aliphatic carbocycles. The van der Waals surface area contributed by atoms with E-state index in [1.165, 1.54) is 12.3 Å². The van der Waals surface area contributed by atoms with Crippen molar-refractivity contribution in [1.82, 2.24) is 9.88 Å². The molecule has 0 aliphatic heterocycles. The summed E-state index contributed by atoms with van der Waals surface area (Å²) in [6, 6.07) is 6.99. The van der Waals surface area contributed by atoms with Crippen molar-refractivity contribution in [2.24, 2.45) is 0 Å². The molecule has 3 rings (SSSR count). The maximum Gasteiger partial charge on any atom is 0.255 e. The van der Waals surface area contributed by atoms with Crippen molar-refractivity contribution in [3.05, 3.63) is 57.9 Å². The van der Waals surface area contributed by atoms with Crippen LogP contribution < -0.4 is 5.56 Å². The van der Waals surface area contributed by atoms with E-state index in [2.05, 4.69) is 4.98 Å². The summed E-state index contributed by atoms with van der Waals surface area (Å²) in [6.45, 7) is 2.35. The minimum atomic E-state index is -0.207. The maximum absolute atomic E-state index is 12.5. The summed E-state index contributed by atoms with van der Waals surface area (Å²) in [4.78, 5) is 27.9. The number of rotatable bonds is 4. The zero-order valence-electron chi connectivity index (χ0n) is 11.3. The summed E-state index contributed by atoms with van der Waals surface area (Å²) >= 11 is 0. The normalized spacial score (nSPS) is 14.2. The second kappa shape index (κ2) is 5.00. The zero-order chi connectivity index (χ0) is 14.1. The number of H-pyrrole nitrogens is 1. The summed E-state index contributed by atoms with van der Waals surface area (Å²) in [5.41, 5.74) is 0.293. The van der Waals surface area contributed by atoms with Crippen LogP contribution in [0.25, 0.3) is 0 Å². The van der Waals surface area contributed by atoms with Gasteiger partial charge in [0.1, 0.15) is 11.5 Å². The van der Waals surface area contributed by atoms with Crippen LogP contribution in [0, 0.1) is 6.92 Å². The molecule has 0 aromatic carbocycles. The highest BCUT2D eigenvalue weighted by Crippen LogP contribution is 2.30. The van der Waals surface area contributed by atoms with Gasteiger partial charge in [-0.3, -0.25) is 9.59 Å². The van der Waals surface area contributed by atoms with Crippen LogP contribution in [-0.2, 0) is 6.54 Å². The van der Waals surface area contributed by atoms with Crippen LogP contribution >= 0.6 is 0 Å². The number of nitrogens with zero attached hydrogens (tertiary/aromatic N) is 1. The average Bonchev–Trinajstić information content (AvgIpc) is 3.19. The Morgan fingerprint density at radius 1 is 1.35 bits per heavy atom. The first-order valence-electron chi connectivity index (χ1n) is 6.68. The van der Waals surface area contributed by atoms with E-state index in [1.54, 1.807) is 6.07 Å². The zero-order valence-corrected chi connectivity index (χ0v) is 11.3. The monoisotopic (exact) mass is 272 g/mol. The number of furan rings is 1. The molecule has 1 fully saturated rings. The average molecular weight is 272 g/mol. The summed E-state index contributed by atoms with van der Waals surface area (Å²) in [7, 11) is 0. The number of nitrogens with one attached hydrogen (secondary N) is 1. The van der Waals surface area contributed by atoms with Gasteiger partial charge in [-0.05, 0) is 38.0 Å². The Morgan fingerprint density at radius 3 is 2.70 bits per heavy atom. The molecule has 0 saturated heterocycles. The number of hydrogen-bond donors (Lipinski definition) is 1. The van der Waals surface area contributed by atoms with Gasteiger partial charge in [-0.25, -0.2) is 0 Å². The van der Waals surface area contributed by atoms with Crippen molar-refractivity contribution < 1.29 is 9.21 Å². The minimum Gasteiger partial charge on any atom is -0.464 e. The van der Waals surface area contributed by atoms with Gasteiger partial charge in [-0.1, -0.05) is 0 Å². The van der Waals surface area contributed by atoms with E-state index in [1.807, 2.05) is 24.0 Å². The molecule has 0 unspecified atom stereocenters. The van der Waals surface area contributed by atoms with Crippen molar-refractivity contribution >= 4 is 5.91 Å². The van der Waals surface area contributed by atoms with Crippen LogP contribution in [0.3, 0.4) is 0 Å². The lowest BCUT2D eigenvalue weighted by Crippen LogP contribution is -2.32. The fraction of sp³-hybridized carbons (Fsp3) is 0.333. The highest BCUT2D eigenvalue weighted by molar-refractivity contribution is 5.94. The van der Waals surface area contributed by atoms with Gasteiger partial charge in [-0.2, -0.15) is 0 Å². The van der Waals surface area contributed by atoms with Gasteiger partial charge >= 0.3 is 0 Å². The van der Waals surface area contributed by atoms with Crippen LogP contribution in [0.5, 0.6) is 0 Å². The molecular weight excluding hydrogens is 256 g/mol. The number of carbonyl (C=O) groups is 1. The Morgan fingerprint density at radius 2 is 2.15 bits per heavy atom. The number of pyridine rings is 1. The number of carbonyl (C=O) groups excluding carboxylic acids is 1. The van der Waals surface area contributed by atoms with E-state index in [0.717, 1.165) is 24.4 Å². The highest BCUT2D eigenvalue weighted by atomic mass is 16.3. The van der Waals surface area contributed by atoms with Crippen molar-refractivity contribution in [3.8, 4) is 0 Å². The van der Waals surface area contributed by atoms with E-state index in [4.69, 9.17) is 4.42 Å². The van der Waals surface area contributed by atoms with Crippen molar-refractivity contribution in [2.45, 2.75) is 32.4 Å². The molecule has 5 nitrogen and oxygen atoms in total. The predicted octanol–water partition coefficient (Wildman–Crippen LogP) is 2.08. The van der Waals surface area contributed by atoms with E-state index < -0.39 is 0 Å². The molecule has 1 saturated carbocycles. The first-order chi connectivity index (χ1) is 9.63. The number of aromatic amines is 1. The predicted molar refractivity (Wildman–Crippen MR) is 73.4 cm³/mol. The molecule has 20 heavy (non-hydrogen) atoms. The van der Waals surface area contributed by atoms with Crippen LogP contribution in [0.1, 0.15) is 34.7 Å². The lowest BCUT2D eigenvalue weighted by atomic mass is 10.2. The first-order valence-corrected chi connectivity index (χ1v) is 6.68. The van der Waals surface area contributed by atoms with Crippen molar-refractivity contribution in [2.75, 3.05) is 0 Å². The Kier molecular flexibility index (Phi) is 3.18. The second-order valence-corrected chi connectivity index (χ2v) is 5.12. The van der Waals surface area contributed by atoms with E-state index in [-0.39, 0.29) is 17.5 Å².